The highest BCUT2D eigenvalue weighted by Gasteiger charge is 2.31. The number of amides is 1. The van der Waals surface area contributed by atoms with Gasteiger partial charge in [-0.1, -0.05) is 23.7 Å². The summed E-state index contributed by atoms with van der Waals surface area (Å²) in [6.45, 7) is 3.99. The van der Waals surface area contributed by atoms with Gasteiger partial charge in [-0.05, 0) is 42.3 Å². The van der Waals surface area contributed by atoms with E-state index >= 15 is 0 Å². The summed E-state index contributed by atoms with van der Waals surface area (Å²) in [7, 11) is -3.79. The Morgan fingerprint density at radius 3 is 2.24 bits per heavy atom. The van der Waals surface area contributed by atoms with E-state index in [1.165, 1.54) is 10.4 Å². The molecule has 2 aromatic carbocycles. The number of rotatable bonds is 7. The summed E-state index contributed by atoms with van der Waals surface area (Å²) in [6.07, 6.45) is 0.647. The van der Waals surface area contributed by atoms with Crippen molar-refractivity contribution in [2.24, 2.45) is 0 Å². The Balaban J connectivity index is 1.55. The summed E-state index contributed by atoms with van der Waals surface area (Å²) in [5.41, 5.74) is 1.97. The van der Waals surface area contributed by atoms with E-state index in [-0.39, 0.29) is 10.8 Å². The van der Waals surface area contributed by atoms with Crippen LogP contribution in [0, 0.1) is 0 Å². The number of carbonyl (C=O) groups excluding carboxylic acids is 1. The van der Waals surface area contributed by atoms with Crippen LogP contribution in [0.3, 0.4) is 0 Å². The lowest BCUT2D eigenvalue weighted by Crippen LogP contribution is -2.42. The summed E-state index contributed by atoms with van der Waals surface area (Å²) < 4.78 is 39.2. The molecule has 0 unspecified atom stereocenters. The molecule has 0 aliphatic carbocycles. The second kappa shape index (κ2) is 10.8. The second-order valence-electron chi connectivity index (χ2n) is 7.93. The second-order valence-corrected chi connectivity index (χ2v) is 10.3. The normalized spacial score (nSPS) is 17.7. The minimum Gasteiger partial charge on any atom is -0.379 e. The van der Waals surface area contributed by atoms with Gasteiger partial charge in [-0.3, -0.25) is 4.79 Å². The Morgan fingerprint density at radius 1 is 0.939 bits per heavy atom. The van der Waals surface area contributed by atoms with Crippen LogP contribution in [0.1, 0.15) is 15.9 Å². The van der Waals surface area contributed by atoms with Gasteiger partial charge in [0.15, 0.2) is 0 Å². The summed E-state index contributed by atoms with van der Waals surface area (Å²) in [5.74, 6) is -0.309. The van der Waals surface area contributed by atoms with Crippen LogP contribution in [0.15, 0.2) is 47.4 Å². The monoisotopic (exact) mass is 493 g/mol. The van der Waals surface area contributed by atoms with Gasteiger partial charge in [0.1, 0.15) is 4.90 Å². The van der Waals surface area contributed by atoms with Crippen molar-refractivity contribution in [3.63, 3.8) is 0 Å². The van der Waals surface area contributed by atoms with Crippen molar-refractivity contribution in [1.82, 2.24) is 9.62 Å². The number of ether oxygens (including phenoxy) is 2. The summed E-state index contributed by atoms with van der Waals surface area (Å²) >= 11 is 5.91. The van der Waals surface area contributed by atoms with E-state index in [0.717, 1.165) is 5.56 Å². The Morgan fingerprint density at radius 2 is 1.58 bits per heavy atom. The first-order chi connectivity index (χ1) is 15.9. The van der Waals surface area contributed by atoms with Crippen LogP contribution in [0.5, 0.6) is 0 Å². The molecule has 2 fully saturated rings. The van der Waals surface area contributed by atoms with E-state index in [1.54, 1.807) is 12.1 Å². The highest BCUT2D eigenvalue weighted by molar-refractivity contribution is 7.89. The topological polar surface area (TPSA) is 88.2 Å². The fourth-order valence-electron chi connectivity index (χ4n) is 3.93. The zero-order valence-corrected chi connectivity index (χ0v) is 19.9. The summed E-state index contributed by atoms with van der Waals surface area (Å²) in [4.78, 5) is 15.0. The Kier molecular flexibility index (Phi) is 7.87. The summed E-state index contributed by atoms with van der Waals surface area (Å²) in [5, 5.41) is 3.55. The lowest BCUT2D eigenvalue weighted by atomic mass is 10.1. The van der Waals surface area contributed by atoms with Gasteiger partial charge >= 0.3 is 0 Å². The van der Waals surface area contributed by atoms with Gasteiger partial charge in [0.25, 0.3) is 5.91 Å². The molecule has 4 rings (SSSR count). The predicted octanol–water partition coefficient (Wildman–Crippen LogP) is 2.17. The lowest BCUT2D eigenvalue weighted by molar-refractivity contribution is 0.0730. The molecule has 0 radical (unpaired) electrons. The number of hydrogen-bond acceptors (Lipinski definition) is 6. The maximum Gasteiger partial charge on any atom is 0.251 e. The molecule has 2 saturated heterocycles. The number of halogens is 1. The SMILES string of the molecule is O=C(NCCc1ccc(Cl)cc1)c1ccc(N2CCOCC2)c(S(=O)(=O)N2CCOCC2)c1. The van der Waals surface area contributed by atoms with Gasteiger partial charge in [0, 0.05) is 43.3 Å². The molecule has 0 aromatic heterocycles. The fraction of sp³-hybridized carbons (Fsp3) is 0.435. The molecular formula is C23H28ClN3O5S. The smallest absolute Gasteiger partial charge is 0.251 e. The quantitative estimate of drug-likeness (QED) is 0.636. The van der Waals surface area contributed by atoms with Crippen LogP contribution in [-0.4, -0.2) is 77.8 Å². The molecule has 0 bridgehead atoms. The van der Waals surface area contributed by atoms with E-state index in [1.807, 2.05) is 29.2 Å². The van der Waals surface area contributed by atoms with Gasteiger partial charge in [0.05, 0.1) is 32.1 Å². The van der Waals surface area contributed by atoms with Gasteiger partial charge < -0.3 is 19.7 Å². The number of carbonyl (C=O) groups is 1. The van der Waals surface area contributed by atoms with Gasteiger partial charge in [-0.15, -0.1) is 0 Å². The number of nitrogens with one attached hydrogen (secondary N) is 1. The van der Waals surface area contributed by atoms with Crippen molar-refractivity contribution in [3.8, 4) is 0 Å². The number of benzene rings is 2. The van der Waals surface area contributed by atoms with E-state index in [9.17, 15) is 13.2 Å². The third kappa shape index (κ3) is 5.85. The van der Waals surface area contributed by atoms with Crippen LogP contribution in [0.25, 0.3) is 0 Å². The van der Waals surface area contributed by atoms with Crippen molar-refractivity contribution in [2.75, 3.05) is 64.1 Å². The maximum atomic E-state index is 13.5. The zero-order chi connectivity index (χ0) is 23.3. The van der Waals surface area contributed by atoms with Crippen LogP contribution in [0.4, 0.5) is 5.69 Å². The molecule has 2 aliphatic heterocycles. The van der Waals surface area contributed by atoms with E-state index in [4.69, 9.17) is 21.1 Å². The van der Waals surface area contributed by atoms with Crippen molar-refractivity contribution in [1.29, 1.82) is 0 Å². The zero-order valence-electron chi connectivity index (χ0n) is 18.3. The predicted molar refractivity (Wildman–Crippen MR) is 127 cm³/mol. The average Bonchev–Trinajstić information content (AvgIpc) is 2.86. The van der Waals surface area contributed by atoms with Crippen LogP contribution >= 0.6 is 11.6 Å². The third-order valence-corrected chi connectivity index (χ3v) is 7.95. The van der Waals surface area contributed by atoms with E-state index < -0.39 is 10.0 Å². The molecule has 2 aromatic rings. The largest absolute Gasteiger partial charge is 0.379 e. The van der Waals surface area contributed by atoms with Crippen molar-refractivity contribution < 1.29 is 22.7 Å². The molecule has 178 valence electrons. The number of nitrogens with zero attached hydrogens (tertiary/aromatic N) is 2. The van der Waals surface area contributed by atoms with Crippen LogP contribution in [0.2, 0.25) is 5.02 Å². The van der Waals surface area contributed by atoms with Gasteiger partial charge in [0.2, 0.25) is 10.0 Å². The molecule has 2 aliphatic rings. The lowest BCUT2D eigenvalue weighted by Gasteiger charge is -2.32. The molecule has 0 saturated carbocycles. The van der Waals surface area contributed by atoms with Crippen molar-refractivity contribution in [3.05, 3.63) is 58.6 Å². The highest BCUT2D eigenvalue weighted by Crippen LogP contribution is 2.30. The van der Waals surface area contributed by atoms with Crippen molar-refractivity contribution in [2.45, 2.75) is 11.3 Å². The first kappa shape index (κ1) is 24.0. The number of sulfonamides is 1. The Labute approximate surface area is 199 Å². The molecule has 1 N–H and O–H groups in total. The molecule has 2 heterocycles. The molecule has 33 heavy (non-hydrogen) atoms. The molecular weight excluding hydrogens is 466 g/mol. The van der Waals surface area contributed by atoms with Crippen LogP contribution in [-0.2, 0) is 25.9 Å². The molecule has 10 heteroatoms. The molecule has 0 spiro atoms. The van der Waals surface area contributed by atoms with E-state index in [0.29, 0.717) is 81.8 Å². The number of morpholine rings is 2. The molecule has 0 atom stereocenters. The molecule has 8 nitrogen and oxygen atoms in total. The first-order valence-electron chi connectivity index (χ1n) is 11.0. The highest BCUT2D eigenvalue weighted by atomic mass is 35.5. The van der Waals surface area contributed by atoms with Gasteiger partial charge in [-0.2, -0.15) is 4.31 Å². The van der Waals surface area contributed by atoms with E-state index in [2.05, 4.69) is 5.32 Å². The molecule has 1 amide bonds. The maximum absolute atomic E-state index is 13.5. The minimum absolute atomic E-state index is 0.150. The number of anilines is 1. The average molecular weight is 494 g/mol. The third-order valence-electron chi connectivity index (χ3n) is 5.77. The minimum atomic E-state index is -3.79. The standard InChI is InChI=1S/C23H28ClN3O5S/c24-20-4-1-18(2-5-20)7-8-25-23(28)19-3-6-21(26-9-13-31-14-10-26)22(17-19)33(29,30)27-11-15-32-16-12-27/h1-6,17H,7-16H2,(H,25,28). The fourth-order valence-corrected chi connectivity index (χ4v) is 5.70. The summed E-state index contributed by atoms with van der Waals surface area (Å²) in [6, 6.07) is 12.4. The van der Waals surface area contributed by atoms with Crippen molar-refractivity contribution >= 4 is 33.2 Å². The van der Waals surface area contributed by atoms with Crippen LogP contribution < -0.4 is 10.2 Å². The number of hydrogen-bond donors (Lipinski definition) is 1. The Bertz CT molecular complexity index is 1070. The van der Waals surface area contributed by atoms with Gasteiger partial charge in [-0.25, -0.2) is 8.42 Å². The Hall–Kier alpha value is -2.17. The first-order valence-corrected chi connectivity index (χ1v) is 12.8.